The molecule has 29 heavy (non-hydrogen) atoms. The molecule has 6 heteroatoms. The number of carbonyl (C=O) groups is 2. The van der Waals surface area contributed by atoms with Crippen molar-refractivity contribution in [2.45, 2.75) is 12.8 Å². The van der Waals surface area contributed by atoms with Crippen molar-refractivity contribution in [3.63, 3.8) is 0 Å². The highest BCUT2D eigenvalue weighted by atomic mass is 16.3. The molecule has 0 spiro atoms. The largest absolute Gasteiger partial charge is 0.396 e. The van der Waals surface area contributed by atoms with Gasteiger partial charge < -0.3 is 14.2 Å². The number of carbonyl (C=O) groups excluding carboxylic acids is 2. The van der Waals surface area contributed by atoms with E-state index in [1.54, 1.807) is 9.13 Å². The van der Waals surface area contributed by atoms with Crippen LogP contribution in [0.5, 0.6) is 0 Å². The molecule has 0 unspecified atom stereocenters. The molecule has 0 bridgehead atoms. The topological polar surface area (TPSA) is 76.3 Å². The van der Waals surface area contributed by atoms with Crippen LogP contribution in [0.3, 0.4) is 0 Å². The van der Waals surface area contributed by atoms with Gasteiger partial charge in [-0.25, -0.2) is 0 Å². The Labute approximate surface area is 166 Å². The van der Waals surface area contributed by atoms with Crippen LogP contribution in [0, 0.1) is 0 Å². The minimum Gasteiger partial charge on any atom is -0.396 e. The highest BCUT2D eigenvalue weighted by Crippen LogP contribution is 2.32. The summed E-state index contributed by atoms with van der Waals surface area (Å²) in [5.41, 5.74) is 3.37. The Morgan fingerprint density at radius 2 is 1.52 bits per heavy atom. The van der Waals surface area contributed by atoms with Gasteiger partial charge in [-0.05, 0) is 42.0 Å². The molecular weight excluding hydrogens is 366 g/mol. The van der Waals surface area contributed by atoms with E-state index in [9.17, 15) is 14.7 Å². The van der Waals surface area contributed by atoms with Gasteiger partial charge in [0.2, 0.25) is 0 Å². The molecule has 2 aromatic heterocycles. The summed E-state index contributed by atoms with van der Waals surface area (Å²) in [4.78, 5) is 25.6. The van der Waals surface area contributed by atoms with E-state index in [0.29, 0.717) is 24.2 Å². The first kappa shape index (κ1) is 17.5. The van der Waals surface area contributed by atoms with Crippen LogP contribution in [0.15, 0.2) is 67.0 Å². The Morgan fingerprint density at radius 1 is 0.828 bits per heavy atom. The minimum absolute atomic E-state index is 0.0990. The second kappa shape index (κ2) is 6.76. The Hall–Kier alpha value is -3.64. The monoisotopic (exact) mass is 385 g/mol. The smallest absolute Gasteiger partial charge is 0.277 e. The quantitative estimate of drug-likeness (QED) is 0.519. The van der Waals surface area contributed by atoms with Gasteiger partial charge in [0.15, 0.2) is 0 Å². The number of amides is 2. The van der Waals surface area contributed by atoms with Crippen LogP contribution in [0.2, 0.25) is 0 Å². The summed E-state index contributed by atoms with van der Waals surface area (Å²) in [5.74, 6) is -0.835. The molecule has 0 aliphatic carbocycles. The average Bonchev–Trinajstić information content (AvgIpc) is 3.39. The predicted molar refractivity (Wildman–Crippen MR) is 112 cm³/mol. The molecule has 144 valence electrons. The number of aliphatic hydroxyl groups excluding tert-OH is 1. The van der Waals surface area contributed by atoms with Crippen LogP contribution in [0.1, 0.15) is 12.0 Å². The highest BCUT2D eigenvalue weighted by molar-refractivity contribution is 6.44. The maximum atomic E-state index is 12.8. The number of nitrogens with zero attached hydrogens (tertiary/aromatic N) is 2. The zero-order valence-corrected chi connectivity index (χ0v) is 15.6. The number of aromatic nitrogens is 2. The highest BCUT2D eigenvalue weighted by Gasteiger charge is 2.34. The maximum Gasteiger partial charge on any atom is 0.277 e. The van der Waals surface area contributed by atoms with Crippen LogP contribution in [-0.4, -0.2) is 32.7 Å². The third kappa shape index (κ3) is 2.68. The van der Waals surface area contributed by atoms with E-state index in [1.165, 1.54) is 0 Å². The number of hydrogen-bond donors (Lipinski definition) is 2. The van der Waals surface area contributed by atoms with Crippen LogP contribution >= 0.6 is 0 Å². The lowest BCUT2D eigenvalue weighted by atomic mass is 10.1. The summed E-state index contributed by atoms with van der Waals surface area (Å²) >= 11 is 0. The number of para-hydroxylation sites is 2. The van der Waals surface area contributed by atoms with E-state index in [1.807, 2.05) is 67.0 Å². The van der Waals surface area contributed by atoms with Crippen molar-refractivity contribution < 1.29 is 14.7 Å². The number of fused-ring (bicyclic) bond motifs is 2. The molecule has 0 atom stereocenters. The van der Waals surface area contributed by atoms with Gasteiger partial charge in [0.05, 0.1) is 11.0 Å². The molecule has 1 aliphatic rings. The number of aryl methyl sites for hydroxylation is 1. The Morgan fingerprint density at radius 3 is 2.31 bits per heavy atom. The SMILES string of the molecule is O=C1NC(=O)C(n2cc(CCCO)c3ccccc32)=C1n1ccc2ccccc21. The summed E-state index contributed by atoms with van der Waals surface area (Å²) < 4.78 is 3.57. The fourth-order valence-electron chi connectivity index (χ4n) is 4.07. The first-order chi connectivity index (χ1) is 14.2. The number of nitrogens with one attached hydrogen (secondary N) is 1. The number of hydrogen-bond acceptors (Lipinski definition) is 3. The summed E-state index contributed by atoms with van der Waals surface area (Å²) in [5, 5.41) is 13.7. The van der Waals surface area contributed by atoms with Crippen LogP contribution in [0.25, 0.3) is 33.2 Å². The first-order valence-electron chi connectivity index (χ1n) is 9.55. The molecule has 1 aliphatic heterocycles. The molecule has 2 aromatic carbocycles. The average molecular weight is 385 g/mol. The summed E-state index contributed by atoms with van der Waals surface area (Å²) in [6.07, 6.45) is 5.04. The minimum atomic E-state index is -0.419. The number of benzene rings is 2. The molecule has 3 heterocycles. The van der Waals surface area contributed by atoms with E-state index in [-0.39, 0.29) is 6.61 Å². The molecule has 4 aromatic rings. The molecule has 5 rings (SSSR count). The molecule has 0 saturated carbocycles. The Bertz CT molecular complexity index is 1310. The van der Waals surface area contributed by atoms with Gasteiger partial charge in [-0.2, -0.15) is 0 Å². The third-order valence-corrected chi connectivity index (χ3v) is 5.36. The fourth-order valence-corrected chi connectivity index (χ4v) is 4.07. The van der Waals surface area contributed by atoms with Crippen molar-refractivity contribution in [2.75, 3.05) is 6.61 Å². The first-order valence-corrected chi connectivity index (χ1v) is 9.55. The molecular formula is C23H19N3O3. The van der Waals surface area contributed by atoms with Crippen LogP contribution < -0.4 is 5.32 Å². The van der Waals surface area contributed by atoms with Crippen molar-refractivity contribution in [3.8, 4) is 0 Å². The maximum absolute atomic E-state index is 12.8. The van der Waals surface area contributed by atoms with Crippen molar-refractivity contribution in [3.05, 3.63) is 72.6 Å². The van der Waals surface area contributed by atoms with E-state index in [0.717, 1.165) is 27.4 Å². The lowest BCUT2D eigenvalue weighted by molar-refractivity contribution is -0.123. The van der Waals surface area contributed by atoms with Gasteiger partial charge in [-0.3, -0.25) is 14.9 Å². The van der Waals surface area contributed by atoms with Gasteiger partial charge in [0, 0.05) is 24.4 Å². The zero-order valence-electron chi connectivity index (χ0n) is 15.6. The van der Waals surface area contributed by atoms with Gasteiger partial charge in [0.25, 0.3) is 11.8 Å². The molecule has 0 radical (unpaired) electrons. The summed E-state index contributed by atoms with van der Waals surface area (Å²) in [6.45, 7) is 0.0990. The second-order valence-electron chi connectivity index (χ2n) is 7.09. The Balaban J connectivity index is 1.79. The van der Waals surface area contributed by atoms with Gasteiger partial charge in [-0.1, -0.05) is 36.4 Å². The fraction of sp³-hybridized carbons (Fsp3) is 0.130. The summed E-state index contributed by atoms with van der Waals surface area (Å²) in [6, 6.07) is 17.5. The van der Waals surface area contributed by atoms with Gasteiger partial charge in [0.1, 0.15) is 11.4 Å². The molecule has 2 N–H and O–H groups in total. The lowest BCUT2D eigenvalue weighted by Gasteiger charge is -2.09. The van der Waals surface area contributed by atoms with Crippen molar-refractivity contribution in [1.29, 1.82) is 0 Å². The van der Waals surface area contributed by atoms with E-state index in [4.69, 9.17) is 0 Å². The summed E-state index contributed by atoms with van der Waals surface area (Å²) in [7, 11) is 0. The molecule has 6 nitrogen and oxygen atoms in total. The van der Waals surface area contributed by atoms with Crippen molar-refractivity contribution in [1.82, 2.24) is 14.5 Å². The van der Waals surface area contributed by atoms with E-state index >= 15 is 0 Å². The normalized spacial score (nSPS) is 14.4. The molecule has 2 amide bonds. The number of aliphatic hydroxyl groups is 1. The van der Waals surface area contributed by atoms with E-state index in [2.05, 4.69) is 5.32 Å². The molecule has 0 fully saturated rings. The Kier molecular flexibility index (Phi) is 4.07. The molecule has 0 saturated heterocycles. The standard InChI is InChI=1S/C23H19N3O3/c27-13-5-7-16-14-26(19-10-4-2-8-17(16)19)21-20(22(28)24-23(21)29)25-12-11-15-6-1-3-9-18(15)25/h1-4,6,8-12,14,27H,5,7,13H2,(H,24,28,29). The van der Waals surface area contributed by atoms with Crippen LogP contribution in [0.4, 0.5) is 0 Å². The number of imide groups is 1. The van der Waals surface area contributed by atoms with Crippen molar-refractivity contribution >= 4 is 45.0 Å². The lowest BCUT2D eigenvalue weighted by Crippen LogP contribution is -2.24. The van der Waals surface area contributed by atoms with Crippen LogP contribution in [-0.2, 0) is 16.0 Å². The van der Waals surface area contributed by atoms with Crippen molar-refractivity contribution in [2.24, 2.45) is 0 Å². The van der Waals surface area contributed by atoms with Gasteiger partial charge >= 0.3 is 0 Å². The van der Waals surface area contributed by atoms with Gasteiger partial charge in [-0.15, -0.1) is 0 Å². The number of rotatable bonds is 5. The second-order valence-corrected chi connectivity index (χ2v) is 7.09. The predicted octanol–water partition coefficient (Wildman–Crippen LogP) is 3.00. The van der Waals surface area contributed by atoms with E-state index < -0.39 is 11.8 Å². The zero-order chi connectivity index (χ0) is 20.0. The third-order valence-electron chi connectivity index (χ3n) is 5.36.